The van der Waals surface area contributed by atoms with Gasteiger partial charge in [0.15, 0.2) is 11.6 Å². The normalized spacial score (nSPS) is 20.1. The van der Waals surface area contributed by atoms with Crippen molar-refractivity contribution < 1.29 is 13.6 Å². The van der Waals surface area contributed by atoms with E-state index >= 15 is 0 Å². The van der Waals surface area contributed by atoms with E-state index in [1.54, 1.807) is 6.07 Å². The number of rotatable bonds is 4. The number of hydrogen-bond acceptors (Lipinski definition) is 4. The minimum atomic E-state index is -0.928. The Morgan fingerprint density at radius 2 is 1.82 bits per heavy atom. The highest BCUT2D eigenvalue weighted by atomic mass is 19.2. The lowest BCUT2D eigenvalue weighted by Crippen LogP contribution is -2.44. The molecule has 0 aliphatic carbocycles. The molecule has 5 rings (SSSR count). The summed E-state index contributed by atoms with van der Waals surface area (Å²) >= 11 is 0. The molecule has 1 aromatic heterocycles. The van der Waals surface area contributed by atoms with Crippen molar-refractivity contribution >= 4 is 16.8 Å². The minimum Gasteiger partial charge on any atom is -0.334 e. The predicted octanol–water partition coefficient (Wildman–Crippen LogP) is 4.42. The molecule has 2 fully saturated rings. The van der Waals surface area contributed by atoms with Crippen LogP contribution in [0.4, 0.5) is 8.78 Å². The van der Waals surface area contributed by atoms with E-state index in [4.69, 9.17) is 0 Å². The molecule has 1 amide bonds. The monoisotopic (exact) mass is 464 g/mol. The number of amides is 1. The summed E-state index contributed by atoms with van der Waals surface area (Å²) in [5.74, 6) is -1.85. The first-order valence-corrected chi connectivity index (χ1v) is 12.1. The average molecular weight is 465 g/mol. The van der Waals surface area contributed by atoms with Crippen LogP contribution in [0.2, 0.25) is 0 Å². The van der Waals surface area contributed by atoms with Crippen molar-refractivity contribution in [1.29, 1.82) is 0 Å². The molecule has 1 atom stereocenters. The van der Waals surface area contributed by atoms with E-state index in [2.05, 4.69) is 21.8 Å². The maximum atomic E-state index is 13.9. The summed E-state index contributed by atoms with van der Waals surface area (Å²) in [6, 6.07) is 13.2. The number of likely N-dealkylation sites (tertiary alicyclic amines) is 1. The molecule has 2 aliphatic rings. The Balaban J connectivity index is 1.46. The van der Waals surface area contributed by atoms with Gasteiger partial charge in [0.25, 0.3) is 5.91 Å². The number of hydrogen-bond donors (Lipinski definition) is 0. The zero-order valence-corrected chi connectivity index (χ0v) is 19.5. The Labute approximate surface area is 199 Å². The molecule has 3 aromatic rings. The molecule has 5 nitrogen and oxygen atoms in total. The van der Waals surface area contributed by atoms with Gasteiger partial charge in [-0.15, -0.1) is 0 Å². The molecule has 178 valence electrons. The molecule has 0 radical (unpaired) electrons. The fraction of sp³-hybridized carbons (Fsp3) is 0.407. The van der Waals surface area contributed by atoms with Crippen molar-refractivity contribution in [3.63, 3.8) is 0 Å². The Bertz CT molecular complexity index is 1200. The van der Waals surface area contributed by atoms with Crippen LogP contribution < -0.4 is 0 Å². The Hall–Kier alpha value is -2.90. The number of benzene rings is 2. The molecule has 2 saturated heterocycles. The summed E-state index contributed by atoms with van der Waals surface area (Å²) in [7, 11) is 2.16. The highest BCUT2D eigenvalue weighted by Crippen LogP contribution is 2.29. The number of likely N-dealkylation sites (N-methyl/N-ethyl adjacent to an activating group) is 1. The summed E-state index contributed by atoms with van der Waals surface area (Å²) in [5, 5.41) is 0.779. The van der Waals surface area contributed by atoms with Crippen molar-refractivity contribution in [3.05, 3.63) is 65.7 Å². The van der Waals surface area contributed by atoms with Gasteiger partial charge in [-0.05, 0) is 69.7 Å². The first-order valence-electron chi connectivity index (χ1n) is 12.1. The summed E-state index contributed by atoms with van der Waals surface area (Å²) in [5.41, 5.74) is 2.14. The van der Waals surface area contributed by atoms with Crippen LogP contribution in [0.3, 0.4) is 0 Å². The Morgan fingerprint density at radius 3 is 2.68 bits per heavy atom. The second-order valence-electron chi connectivity index (χ2n) is 9.45. The minimum absolute atomic E-state index is 0.0168. The number of aromatic nitrogens is 1. The van der Waals surface area contributed by atoms with E-state index in [9.17, 15) is 13.6 Å². The van der Waals surface area contributed by atoms with Crippen molar-refractivity contribution in [2.24, 2.45) is 0 Å². The molecular weight excluding hydrogens is 434 g/mol. The largest absolute Gasteiger partial charge is 0.334 e. The molecule has 2 aliphatic heterocycles. The van der Waals surface area contributed by atoms with Crippen LogP contribution in [0.25, 0.3) is 22.2 Å². The molecule has 0 spiro atoms. The van der Waals surface area contributed by atoms with E-state index in [1.165, 1.54) is 6.07 Å². The number of fused-ring (bicyclic) bond motifs is 1. The number of halogens is 2. The molecule has 3 heterocycles. The van der Waals surface area contributed by atoms with Gasteiger partial charge in [-0.1, -0.05) is 18.2 Å². The number of pyridine rings is 1. The summed E-state index contributed by atoms with van der Waals surface area (Å²) in [6.45, 7) is 5.86. The van der Waals surface area contributed by atoms with Gasteiger partial charge in [-0.2, -0.15) is 0 Å². The molecule has 34 heavy (non-hydrogen) atoms. The molecule has 0 saturated carbocycles. The number of nitrogens with zero attached hydrogens (tertiary/aromatic N) is 4. The van der Waals surface area contributed by atoms with E-state index in [-0.39, 0.29) is 11.9 Å². The molecule has 7 heteroatoms. The fourth-order valence-corrected chi connectivity index (χ4v) is 5.18. The van der Waals surface area contributed by atoms with Crippen LogP contribution in [0.15, 0.2) is 48.5 Å². The topological polar surface area (TPSA) is 39.7 Å². The van der Waals surface area contributed by atoms with E-state index in [1.807, 2.05) is 29.2 Å². The Morgan fingerprint density at radius 1 is 0.971 bits per heavy atom. The van der Waals surface area contributed by atoms with Crippen molar-refractivity contribution in [1.82, 2.24) is 19.7 Å². The maximum Gasteiger partial charge on any atom is 0.254 e. The first-order chi connectivity index (χ1) is 16.5. The van der Waals surface area contributed by atoms with Gasteiger partial charge in [0, 0.05) is 43.2 Å². The van der Waals surface area contributed by atoms with Crippen LogP contribution in [0.5, 0.6) is 0 Å². The van der Waals surface area contributed by atoms with Crippen molar-refractivity contribution in [3.8, 4) is 11.3 Å². The highest BCUT2D eigenvalue weighted by Gasteiger charge is 2.32. The lowest BCUT2D eigenvalue weighted by atomic mass is 10.0. The van der Waals surface area contributed by atoms with Gasteiger partial charge in [-0.3, -0.25) is 9.69 Å². The second-order valence-corrected chi connectivity index (χ2v) is 9.45. The first kappa shape index (κ1) is 22.9. The third-order valence-corrected chi connectivity index (χ3v) is 7.08. The van der Waals surface area contributed by atoms with E-state index in [0.717, 1.165) is 76.0 Å². The van der Waals surface area contributed by atoms with Gasteiger partial charge in [0.1, 0.15) is 0 Å². The summed E-state index contributed by atoms with van der Waals surface area (Å²) in [4.78, 5) is 25.4. The van der Waals surface area contributed by atoms with E-state index in [0.29, 0.717) is 22.3 Å². The lowest BCUT2D eigenvalue weighted by Gasteiger charge is -2.30. The smallest absolute Gasteiger partial charge is 0.254 e. The SMILES string of the molecule is CN1CCCN(C[C@H]2CCCN2C(=O)c2cc(-c3ccc(F)c(F)c3)nc3ccccc23)CC1. The third kappa shape index (κ3) is 4.68. The van der Waals surface area contributed by atoms with Crippen LogP contribution in [0, 0.1) is 11.6 Å². The highest BCUT2D eigenvalue weighted by molar-refractivity contribution is 6.07. The van der Waals surface area contributed by atoms with Crippen molar-refractivity contribution in [2.75, 3.05) is 46.3 Å². The fourth-order valence-electron chi connectivity index (χ4n) is 5.18. The molecule has 2 aromatic carbocycles. The van der Waals surface area contributed by atoms with Crippen LogP contribution in [-0.4, -0.2) is 77.9 Å². The van der Waals surface area contributed by atoms with E-state index < -0.39 is 11.6 Å². The van der Waals surface area contributed by atoms with Gasteiger partial charge < -0.3 is 9.80 Å². The summed E-state index contributed by atoms with van der Waals surface area (Å²) < 4.78 is 27.4. The third-order valence-electron chi connectivity index (χ3n) is 7.08. The number of carbonyl (C=O) groups excluding carboxylic acids is 1. The molecular formula is C27H30F2N4O. The molecule has 0 bridgehead atoms. The zero-order valence-electron chi connectivity index (χ0n) is 19.5. The van der Waals surface area contributed by atoms with Crippen molar-refractivity contribution in [2.45, 2.75) is 25.3 Å². The predicted molar refractivity (Wildman–Crippen MR) is 130 cm³/mol. The number of para-hydroxylation sites is 1. The molecule has 0 N–H and O–H groups in total. The van der Waals surface area contributed by atoms with Gasteiger partial charge in [-0.25, -0.2) is 13.8 Å². The van der Waals surface area contributed by atoms with Gasteiger partial charge in [0.05, 0.1) is 16.8 Å². The molecule has 0 unspecified atom stereocenters. The quantitative estimate of drug-likeness (QED) is 0.573. The van der Waals surface area contributed by atoms with Crippen LogP contribution in [-0.2, 0) is 0 Å². The maximum absolute atomic E-state index is 13.9. The zero-order chi connectivity index (χ0) is 23.7. The van der Waals surface area contributed by atoms with Crippen LogP contribution in [0.1, 0.15) is 29.6 Å². The lowest BCUT2D eigenvalue weighted by molar-refractivity contribution is 0.0703. The van der Waals surface area contributed by atoms with Crippen LogP contribution >= 0.6 is 0 Å². The Kier molecular flexibility index (Phi) is 6.57. The second kappa shape index (κ2) is 9.76. The van der Waals surface area contributed by atoms with Gasteiger partial charge >= 0.3 is 0 Å². The number of carbonyl (C=O) groups is 1. The standard InChI is InChI=1S/C27H30F2N4O/c1-31-11-5-12-32(15-14-31)18-20-6-4-13-33(20)27(34)22-17-26(19-9-10-23(28)24(29)16-19)30-25-8-3-2-7-21(22)25/h2-3,7-10,16-17,20H,4-6,11-15,18H2,1H3/t20-/m1/s1. The average Bonchev–Trinajstić information content (AvgIpc) is 3.21. The summed E-state index contributed by atoms with van der Waals surface area (Å²) in [6.07, 6.45) is 3.13. The van der Waals surface area contributed by atoms with Gasteiger partial charge in [0.2, 0.25) is 0 Å².